The van der Waals surface area contributed by atoms with Gasteiger partial charge in [-0.3, -0.25) is 4.90 Å². The molecule has 2 heterocycles. The molecule has 0 aliphatic carbocycles. The molecule has 0 radical (unpaired) electrons. The molecule has 4 heteroatoms. The van der Waals surface area contributed by atoms with E-state index in [4.69, 9.17) is 0 Å². The van der Waals surface area contributed by atoms with Crippen LogP contribution in [-0.2, 0) is 6.54 Å². The lowest BCUT2D eigenvalue weighted by atomic mass is 9.88. The number of amides is 2. The van der Waals surface area contributed by atoms with Crippen LogP contribution in [0.4, 0.5) is 10.5 Å². The van der Waals surface area contributed by atoms with Gasteiger partial charge < -0.3 is 10.2 Å². The number of hydrogen-bond donors (Lipinski definition) is 1. The van der Waals surface area contributed by atoms with Crippen molar-refractivity contribution in [3.8, 4) is 0 Å². The van der Waals surface area contributed by atoms with E-state index in [9.17, 15) is 4.79 Å². The molecule has 0 spiro atoms. The summed E-state index contributed by atoms with van der Waals surface area (Å²) in [6.07, 6.45) is 2.07. The van der Waals surface area contributed by atoms with E-state index in [-0.39, 0.29) is 12.1 Å². The van der Waals surface area contributed by atoms with Crippen molar-refractivity contribution in [1.82, 2.24) is 9.80 Å². The highest BCUT2D eigenvalue weighted by Crippen LogP contribution is 2.40. The standard InChI is InChI=1S/C23H29N3O/c1-17(2)22-20-10-6-7-11-21(20)24-23(27)26(22)19-12-14-25(15-13-19)16-18-8-4-3-5-9-18/h3-11,17,19,22H,12-16H2,1-2H3,(H,24,27). The third-order valence-electron chi connectivity index (χ3n) is 5.89. The van der Waals surface area contributed by atoms with Crippen LogP contribution in [0.15, 0.2) is 54.6 Å². The Morgan fingerprint density at radius 1 is 1.00 bits per heavy atom. The number of anilines is 1. The first-order valence-electron chi connectivity index (χ1n) is 10.1. The first kappa shape index (κ1) is 18.1. The molecular formula is C23H29N3O. The van der Waals surface area contributed by atoms with E-state index < -0.39 is 0 Å². The van der Waals surface area contributed by atoms with Crippen molar-refractivity contribution < 1.29 is 4.79 Å². The Morgan fingerprint density at radius 3 is 2.37 bits per heavy atom. The summed E-state index contributed by atoms with van der Waals surface area (Å²) in [5.74, 6) is 0.388. The molecule has 4 rings (SSSR count). The maximum atomic E-state index is 12.9. The van der Waals surface area contributed by atoms with Gasteiger partial charge in [0.2, 0.25) is 0 Å². The van der Waals surface area contributed by atoms with Crippen molar-refractivity contribution in [3.05, 3.63) is 65.7 Å². The molecule has 2 aromatic rings. The van der Waals surface area contributed by atoms with Gasteiger partial charge in [-0.15, -0.1) is 0 Å². The first-order valence-corrected chi connectivity index (χ1v) is 10.1. The van der Waals surface area contributed by atoms with Crippen LogP contribution >= 0.6 is 0 Å². The predicted octanol–water partition coefficient (Wildman–Crippen LogP) is 4.90. The maximum Gasteiger partial charge on any atom is 0.322 e. The van der Waals surface area contributed by atoms with Crippen LogP contribution in [-0.4, -0.2) is 35.0 Å². The number of rotatable bonds is 4. The molecule has 0 aromatic heterocycles. The monoisotopic (exact) mass is 363 g/mol. The van der Waals surface area contributed by atoms with Crippen LogP contribution in [0.2, 0.25) is 0 Å². The number of hydrogen-bond acceptors (Lipinski definition) is 2. The summed E-state index contributed by atoms with van der Waals surface area (Å²) in [4.78, 5) is 17.6. The van der Waals surface area contributed by atoms with Crippen molar-refractivity contribution in [2.45, 2.75) is 45.3 Å². The number of carbonyl (C=O) groups is 1. The van der Waals surface area contributed by atoms with Crippen molar-refractivity contribution in [3.63, 3.8) is 0 Å². The third-order valence-corrected chi connectivity index (χ3v) is 5.89. The van der Waals surface area contributed by atoms with Gasteiger partial charge in [0, 0.05) is 31.4 Å². The summed E-state index contributed by atoms with van der Waals surface area (Å²) in [5.41, 5.74) is 3.58. The molecule has 142 valence electrons. The largest absolute Gasteiger partial charge is 0.322 e. The number of nitrogens with zero attached hydrogens (tertiary/aromatic N) is 2. The topological polar surface area (TPSA) is 35.6 Å². The first-order chi connectivity index (χ1) is 13.1. The molecule has 1 atom stereocenters. The molecule has 1 N–H and O–H groups in total. The highest BCUT2D eigenvalue weighted by molar-refractivity contribution is 5.93. The summed E-state index contributed by atoms with van der Waals surface area (Å²) in [5, 5.41) is 3.12. The zero-order valence-electron chi connectivity index (χ0n) is 16.3. The molecule has 2 aliphatic rings. The zero-order chi connectivity index (χ0) is 18.8. The SMILES string of the molecule is CC(C)C1c2ccccc2NC(=O)N1C1CCN(Cc2ccccc2)CC1. The van der Waals surface area contributed by atoms with Crippen LogP contribution in [0.25, 0.3) is 0 Å². The molecule has 2 aromatic carbocycles. The summed E-state index contributed by atoms with van der Waals surface area (Å²) in [7, 11) is 0. The molecule has 4 nitrogen and oxygen atoms in total. The summed E-state index contributed by atoms with van der Waals surface area (Å²) < 4.78 is 0. The van der Waals surface area contributed by atoms with E-state index in [0.29, 0.717) is 12.0 Å². The molecule has 0 saturated carbocycles. The van der Waals surface area contributed by atoms with Gasteiger partial charge in [-0.2, -0.15) is 0 Å². The third kappa shape index (κ3) is 3.72. The smallest absolute Gasteiger partial charge is 0.314 e. The predicted molar refractivity (Wildman–Crippen MR) is 110 cm³/mol. The lowest BCUT2D eigenvalue weighted by molar-refractivity contribution is 0.0804. The van der Waals surface area contributed by atoms with Gasteiger partial charge in [0.05, 0.1) is 6.04 Å². The Morgan fingerprint density at radius 2 is 1.67 bits per heavy atom. The van der Waals surface area contributed by atoms with Gasteiger partial charge in [0.1, 0.15) is 0 Å². The number of para-hydroxylation sites is 1. The summed E-state index contributed by atoms with van der Waals surface area (Å²) in [6, 6.07) is 19.4. The Hall–Kier alpha value is -2.33. The average Bonchev–Trinajstić information content (AvgIpc) is 2.68. The van der Waals surface area contributed by atoms with Crippen LogP contribution < -0.4 is 5.32 Å². The average molecular weight is 364 g/mol. The van der Waals surface area contributed by atoms with Gasteiger partial charge in [0.15, 0.2) is 0 Å². The molecular weight excluding hydrogens is 334 g/mol. The molecule has 1 unspecified atom stereocenters. The lowest BCUT2D eigenvalue weighted by Crippen LogP contribution is -2.53. The van der Waals surface area contributed by atoms with Gasteiger partial charge in [-0.05, 0) is 36.0 Å². The van der Waals surface area contributed by atoms with Gasteiger partial charge in [0.25, 0.3) is 0 Å². The van der Waals surface area contributed by atoms with Crippen LogP contribution in [0.3, 0.4) is 0 Å². The van der Waals surface area contributed by atoms with Gasteiger partial charge >= 0.3 is 6.03 Å². The second-order valence-electron chi connectivity index (χ2n) is 8.11. The quantitative estimate of drug-likeness (QED) is 0.839. The van der Waals surface area contributed by atoms with Crippen molar-refractivity contribution in [2.75, 3.05) is 18.4 Å². The van der Waals surface area contributed by atoms with Crippen LogP contribution in [0, 0.1) is 5.92 Å². The Balaban J connectivity index is 1.47. The molecule has 2 aliphatic heterocycles. The second kappa shape index (κ2) is 7.73. The fourth-order valence-electron chi connectivity index (χ4n) is 4.60. The van der Waals surface area contributed by atoms with E-state index in [0.717, 1.165) is 38.2 Å². The summed E-state index contributed by atoms with van der Waals surface area (Å²) >= 11 is 0. The molecule has 27 heavy (non-hydrogen) atoms. The normalized spacial score (nSPS) is 21.2. The van der Waals surface area contributed by atoms with Crippen molar-refractivity contribution in [1.29, 1.82) is 0 Å². The number of urea groups is 1. The highest BCUT2D eigenvalue weighted by Gasteiger charge is 2.39. The highest BCUT2D eigenvalue weighted by atomic mass is 16.2. The fourth-order valence-corrected chi connectivity index (χ4v) is 4.60. The van der Waals surface area contributed by atoms with E-state index in [1.807, 2.05) is 12.1 Å². The van der Waals surface area contributed by atoms with Crippen LogP contribution in [0.5, 0.6) is 0 Å². The van der Waals surface area contributed by atoms with Crippen LogP contribution in [0.1, 0.15) is 43.9 Å². The molecule has 1 fully saturated rings. The second-order valence-corrected chi connectivity index (χ2v) is 8.11. The van der Waals surface area contributed by atoms with Gasteiger partial charge in [-0.25, -0.2) is 4.79 Å². The number of carbonyl (C=O) groups excluding carboxylic acids is 1. The minimum absolute atomic E-state index is 0.0638. The minimum atomic E-state index is 0.0638. The van der Waals surface area contributed by atoms with E-state index in [1.165, 1.54) is 11.1 Å². The van der Waals surface area contributed by atoms with E-state index >= 15 is 0 Å². The molecule has 1 saturated heterocycles. The minimum Gasteiger partial charge on any atom is -0.314 e. The Bertz CT molecular complexity index is 781. The molecule has 0 bridgehead atoms. The number of piperidine rings is 1. The van der Waals surface area contributed by atoms with E-state index in [2.05, 4.69) is 71.4 Å². The number of likely N-dealkylation sites (tertiary alicyclic amines) is 1. The summed E-state index contributed by atoms with van der Waals surface area (Å²) in [6.45, 7) is 7.51. The zero-order valence-corrected chi connectivity index (χ0v) is 16.3. The van der Waals surface area contributed by atoms with Gasteiger partial charge in [-0.1, -0.05) is 62.4 Å². The molecule has 2 amide bonds. The van der Waals surface area contributed by atoms with Crippen molar-refractivity contribution in [2.24, 2.45) is 5.92 Å². The number of nitrogens with one attached hydrogen (secondary N) is 1. The lowest BCUT2D eigenvalue weighted by Gasteiger charge is -2.46. The number of fused-ring (bicyclic) bond motifs is 1. The Labute approximate surface area is 162 Å². The fraction of sp³-hybridized carbons (Fsp3) is 0.435. The van der Waals surface area contributed by atoms with Crippen molar-refractivity contribution >= 4 is 11.7 Å². The number of benzene rings is 2. The Kier molecular flexibility index (Phi) is 5.17. The van der Waals surface area contributed by atoms with E-state index in [1.54, 1.807) is 0 Å². The maximum absolute atomic E-state index is 12.9.